The number of hydrogen-bond acceptors (Lipinski definition) is 9. The Morgan fingerprint density at radius 1 is 0.557 bits per heavy atom. The minimum atomic E-state index is -5.27. The number of nitrogens with zero attached hydrogens (tertiary/aromatic N) is 10. The van der Waals surface area contributed by atoms with Gasteiger partial charge in [-0.2, -0.15) is 46.7 Å². The Balaban J connectivity index is 0.000000411. The van der Waals surface area contributed by atoms with E-state index in [-0.39, 0.29) is 49.2 Å². The number of benzene rings is 4. The van der Waals surface area contributed by atoms with Gasteiger partial charge < -0.3 is 14.6 Å². The van der Waals surface area contributed by atoms with E-state index in [0.29, 0.717) is 49.6 Å². The number of hydrogen-bond donors (Lipinski definition) is 1. The maximum atomic E-state index is 12.6. The van der Waals surface area contributed by atoms with E-state index in [1.807, 2.05) is 92.0 Å². The maximum absolute atomic E-state index is 12.6. The van der Waals surface area contributed by atoms with Gasteiger partial charge in [-0.25, -0.2) is 35.1 Å². The second-order valence-electron chi connectivity index (χ2n) is 22.7. The summed E-state index contributed by atoms with van der Waals surface area (Å²) in [5, 5.41) is 20.5. The highest BCUT2D eigenvalue weighted by atomic mass is 79.9. The lowest BCUT2D eigenvalue weighted by atomic mass is 9.77. The fourth-order valence-electron chi connectivity index (χ4n) is 9.74. The van der Waals surface area contributed by atoms with Crippen molar-refractivity contribution in [1.82, 2.24) is 44.0 Å². The van der Waals surface area contributed by atoms with E-state index in [9.17, 15) is 71.1 Å². The number of carbonyl (C=O) groups excluding carboxylic acids is 2. The molecule has 0 unspecified atom stereocenters. The average Bonchev–Trinajstić information content (AvgIpc) is 1.63. The Hall–Kier alpha value is -5.90. The molecule has 5 heterocycles. The number of aromatic nitrogens is 8. The number of alkyl halides is 14. The van der Waals surface area contributed by atoms with Crippen molar-refractivity contribution in [2.45, 2.75) is 184 Å². The van der Waals surface area contributed by atoms with Crippen LogP contribution < -0.4 is 15.7 Å². The molecule has 33 heteroatoms. The van der Waals surface area contributed by atoms with Gasteiger partial charge in [-0.3, -0.25) is 38.1 Å². The molecule has 97 heavy (non-hydrogen) atoms. The normalized spacial score (nSPS) is 13.4. The van der Waals surface area contributed by atoms with Gasteiger partial charge in [0.1, 0.15) is 0 Å². The van der Waals surface area contributed by atoms with E-state index in [4.69, 9.17) is 9.31 Å². The number of amides is 2. The lowest BCUT2D eigenvalue weighted by Crippen LogP contribution is -2.44. The number of anilines is 2. The molecule has 8 aromatic rings. The molecule has 0 aliphatic carbocycles. The van der Waals surface area contributed by atoms with Gasteiger partial charge in [0, 0.05) is 100.0 Å². The molecule has 0 radical (unpaired) electrons. The highest BCUT2D eigenvalue weighted by Gasteiger charge is 2.52. The SMILES string of the molecule is C.CC.CCC(F)F.CCN(C(C)C)C(C)C.Cn1nc(CCC(F)F)c2cccc(B3OC(C)(C)C(C)(C)O3)c21.Cn1nc(CCC(F)F)c2cccc(Br)c21.Cn1nc(N(CC(F)F)C(=O)C(F)(F)F)c2cccc(Br)c21.Cn1nc(NC(=O)C(F)(F)F)c2cccc(Br)c21. The monoisotopic (exact) mass is 1590 g/mol. The Kier molecular flexibility index (Phi) is 34.2. The molecule has 15 nitrogen and oxygen atoms in total. The van der Waals surface area contributed by atoms with Gasteiger partial charge in [-0.15, -0.1) is 0 Å². The molecule has 1 N–H and O–H groups in total. The molecule has 1 aliphatic rings. The summed E-state index contributed by atoms with van der Waals surface area (Å²) in [5.41, 5.74) is 4.26. The number of carbonyl (C=O) groups is 2. The summed E-state index contributed by atoms with van der Waals surface area (Å²) in [6, 6.07) is 22.4. The summed E-state index contributed by atoms with van der Waals surface area (Å²) >= 11 is 9.91. The van der Waals surface area contributed by atoms with Gasteiger partial charge in [0.05, 0.1) is 51.2 Å². The first-order valence-electron chi connectivity index (χ1n) is 30.3. The summed E-state index contributed by atoms with van der Waals surface area (Å²) in [6.45, 7) is 24.4. The van der Waals surface area contributed by atoms with Crippen LogP contribution in [0.15, 0.2) is 86.2 Å². The molecule has 4 aromatic carbocycles. The second kappa shape index (κ2) is 38.1. The zero-order chi connectivity index (χ0) is 73.3. The van der Waals surface area contributed by atoms with Crippen molar-refractivity contribution in [3.63, 3.8) is 0 Å². The van der Waals surface area contributed by atoms with Crippen LogP contribution in [0, 0.1) is 0 Å². The van der Waals surface area contributed by atoms with Crippen molar-refractivity contribution in [2.24, 2.45) is 28.2 Å². The van der Waals surface area contributed by atoms with E-state index in [1.165, 1.54) is 35.5 Å². The minimum absolute atomic E-state index is 0. The van der Waals surface area contributed by atoms with Gasteiger partial charge in [-0.05, 0) is 153 Å². The predicted octanol–water partition coefficient (Wildman–Crippen LogP) is 18.4. The number of para-hydroxylation sites is 4. The molecular weight excluding hydrogens is 1500 g/mol. The van der Waals surface area contributed by atoms with E-state index in [2.05, 4.69) is 108 Å². The van der Waals surface area contributed by atoms with Gasteiger partial charge in [0.25, 0.3) is 6.43 Å². The summed E-state index contributed by atoms with van der Waals surface area (Å²) in [5.74, 6) is -4.99. The van der Waals surface area contributed by atoms with Crippen molar-refractivity contribution in [1.29, 1.82) is 0 Å². The Morgan fingerprint density at radius 3 is 1.31 bits per heavy atom. The number of nitrogens with one attached hydrogen (secondary N) is 1. The zero-order valence-electron chi connectivity index (χ0n) is 55.9. The third kappa shape index (κ3) is 23.9. The van der Waals surface area contributed by atoms with Crippen molar-refractivity contribution >= 4 is 127 Å². The largest absolute Gasteiger partial charge is 0.497 e. The van der Waals surface area contributed by atoms with Gasteiger partial charge >= 0.3 is 31.3 Å². The van der Waals surface area contributed by atoms with E-state index < -0.39 is 80.6 Å². The smallest absolute Gasteiger partial charge is 0.399 e. The molecule has 1 saturated heterocycles. The van der Waals surface area contributed by atoms with Crippen LogP contribution in [-0.2, 0) is 59.9 Å². The van der Waals surface area contributed by atoms with Crippen LogP contribution in [0.3, 0.4) is 0 Å². The van der Waals surface area contributed by atoms with E-state index in [1.54, 1.807) is 46.0 Å². The van der Waals surface area contributed by atoms with Crippen molar-refractivity contribution in [3.8, 4) is 0 Å². The first kappa shape index (κ1) is 87.2. The van der Waals surface area contributed by atoms with Crippen LogP contribution in [0.25, 0.3) is 43.6 Å². The molecule has 4 aromatic heterocycles. The van der Waals surface area contributed by atoms with Crippen LogP contribution in [0.2, 0.25) is 0 Å². The lowest BCUT2D eigenvalue weighted by molar-refractivity contribution is -0.170. The quantitative estimate of drug-likeness (QED) is 0.0784. The number of fused-ring (bicyclic) bond motifs is 4. The van der Waals surface area contributed by atoms with Crippen molar-refractivity contribution in [3.05, 3.63) is 97.6 Å². The van der Waals surface area contributed by atoms with Crippen LogP contribution >= 0.6 is 47.8 Å². The number of halogens is 17. The molecule has 1 aliphatic heterocycles. The third-order valence-corrected chi connectivity index (χ3v) is 16.7. The Morgan fingerprint density at radius 2 is 0.928 bits per heavy atom. The number of rotatable bonds is 15. The fourth-order valence-corrected chi connectivity index (χ4v) is 11.6. The lowest BCUT2D eigenvalue weighted by Gasteiger charge is -2.32. The Labute approximate surface area is 581 Å². The average molecular weight is 1590 g/mol. The topological polar surface area (TPSA) is 142 Å². The van der Waals surface area contributed by atoms with Crippen LogP contribution in [0.5, 0.6) is 0 Å². The standard InChI is InChI=1S/C17H23BF2N2O2.C12H9BrF5N3O.C11H11BrF2N2.C10H7BrF3N3O.C8H19N.C3H6F2.C2H6.CH4/c1-16(2)17(3,4)24-18(23-16)12-8-6-7-11-13(9-10-14(19)20)21-22(5)15(11)12;1-20-9-6(3-2-4-7(9)13)10(19-20)21(5-8(14)15)11(22)12(16,17)18;1-16-11-7(3-2-4-8(11)12)9(15-16)5-6-10(13)14;1-17-7-5(3-2-4-6(7)11)8(16-17)15-9(18)10(12,13)14;1-6-9(7(2)3)8(4)5;1-2-3(4)5;1-2;/h6-8,14H,9-10H2,1-5H3;2-4,8H,5H2,1H3;2-4,10H,5-6H2,1H3;2-4H,1H3,(H,15,16,18);7-8H,6H2,1-5H3;3H,2H2,1H3;1-2H3;1H4. The molecular formula is C64H85BBr3F14N11O4. The molecule has 542 valence electrons. The van der Waals surface area contributed by atoms with Crippen LogP contribution in [-0.4, -0.2) is 137 Å². The van der Waals surface area contributed by atoms with Crippen LogP contribution in [0.1, 0.15) is 121 Å². The predicted molar refractivity (Wildman–Crippen MR) is 366 cm³/mol. The molecule has 0 saturated carbocycles. The summed E-state index contributed by atoms with van der Waals surface area (Å²) in [7, 11) is 6.16. The van der Waals surface area contributed by atoms with E-state index in [0.717, 1.165) is 44.0 Å². The van der Waals surface area contributed by atoms with E-state index >= 15 is 0 Å². The third-order valence-electron chi connectivity index (χ3n) is 14.7. The zero-order valence-corrected chi connectivity index (χ0v) is 60.7. The molecule has 1 fully saturated rings. The first-order chi connectivity index (χ1) is 44.5. The van der Waals surface area contributed by atoms with Gasteiger partial charge in [0.15, 0.2) is 11.6 Å². The molecule has 9 rings (SSSR count). The van der Waals surface area contributed by atoms with Crippen LogP contribution in [0.4, 0.5) is 73.1 Å². The highest BCUT2D eigenvalue weighted by Crippen LogP contribution is 2.38. The first-order valence-corrected chi connectivity index (χ1v) is 32.7. The highest BCUT2D eigenvalue weighted by molar-refractivity contribution is 9.11. The van der Waals surface area contributed by atoms with Crippen molar-refractivity contribution in [2.75, 3.05) is 23.3 Å². The minimum Gasteiger partial charge on any atom is -0.399 e. The molecule has 2 amide bonds. The second-order valence-corrected chi connectivity index (χ2v) is 25.3. The molecule has 0 spiro atoms. The summed E-state index contributed by atoms with van der Waals surface area (Å²) in [6.07, 6.45) is -19.8. The summed E-state index contributed by atoms with van der Waals surface area (Å²) < 4.78 is 191. The maximum Gasteiger partial charge on any atom is 0.497 e. The number of aryl methyl sites for hydroxylation is 6. The van der Waals surface area contributed by atoms with Crippen molar-refractivity contribution < 1.29 is 80.4 Å². The molecule has 0 atom stereocenters. The summed E-state index contributed by atoms with van der Waals surface area (Å²) in [4.78, 5) is 24.7. The molecule has 0 bridgehead atoms. The van der Waals surface area contributed by atoms with Gasteiger partial charge in [0.2, 0.25) is 19.3 Å². The fraction of sp³-hybridized carbons (Fsp3) is 0.531. The Bertz CT molecular complexity index is 3760. The van der Waals surface area contributed by atoms with Gasteiger partial charge in [-0.1, -0.05) is 77.6 Å².